The molecule has 0 spiro atoms. The predicted octanol–water partition coefficient (Wildman–Crippen LogP) is 5.13. The van der Waals surface area contributed by atoms with Crippen molar-refractivity contribution in [2.45, 2.75) is 38.7 Å². The van der Waals surface area contributed by atoms with Gasteiger partial charge in [0.25, 0.3) is 0 Å². The monoisotopic (exact) mass is 373 g/mol. The Bertz CT molecular complexity index is 606. The first-order valence-electron chi connectivity index (χ1n) is 6.36. The molecule has 0 saturated carbocycles. The van der Waals surface area contributed by atoms with Crippen molar-refractivity contribution < 1.29 is 5.11 Å². The van der Waals surface area contributed by atoms with Gasteiger partial charge in [0.2, 0.25) is 0 Å². The minimum absolute atomic E-state index is 0.0348. The summed E-state index contributed by atoms with van der Waals surface area (Å²) in [6.07, 6.45) is -0.157. The van der Waals surface area contributed by atoms with Gasteiger partial charge in [-0.25, -0.2) is 4.98 Å². The zero-order chi connectivity index (χ0) is 14.9. The molecule has 2 aromatic rings. The summed E-state index contributed by atoms with van der Waals surface area (Å²) in [5, 5.41) is 13.9. The van der Waals surface area contributed by atoms with Crippen LogP contribution >= 0.6 is 38.9 Å². The molecule has 1 aromatic carbocycles. The van der Waals surface area contributed by atoms with Crippen molar-refractivity contribution in [1.82, 2.24) is 4.98 Å². The van der Waals surface area contributed by atoms with Crippen molar-refractivity contribution in [2.75, 3.05) is 0 Å². The quantitative estimate of drug-likeness (QED) is 0.807. The molecule has 1 aromatic heterocycles. The Hall–Kier alpha value is -0.420. The Morgan fingerprint density at radius 2 is 2.10 bits per heavy atom. The van der Waals surface area contributed by atoms with E-state index < -0.39 is 6.10 Å². The third-order valence-corrected chi connectivity index (χ3v) is 5.21. The Morgan fingerprint density at radius 1 is 1.40 bits per heavy atom. The van der Waals surface area contributed by atoms with E-state index in [4.69, 9.17) is 11.6 Å². The Morgan fingerprint density at radius 3 is 2.70 bits per heavy atom. The fourth-order valence-corrected chi connectivity index (χ4v) is 3.49. The summed E-state index contributed by atoms with van der Waals surface area (Å²) < 4.78 is 0.797. The standard InChI is InChI=1S/C15H17BrClNOS/c1-15(2,3)12-8-20-13(18-12)7-11(19)9-5-4-6-10(16)14(9)17/h4-6,8,11,19H,7H2,1-3H3. The van der Waals surface area contributed by atoms with Gasteiger partial charge in [-0.3, -0.25) is 0 Å². The molecule has 1 N–H and O–H groups in total. The van der Waals surface area contributed by atoms with E-state index in [0.29, 0.717) is 11.4 Å². The van der Waals surface area contributed by atoms with Crippen molar-refractivity contribution in [3.05, 3.63) is 49.3 Å². The summed E-state index contributed by atoms with van der Waals surface area (Å²) in [5.74, 6) is 0. The van der Waals surface area contributed by atoms with Crippen LogP contribution in [0.15, 0.2) is 28.1 Å². The van der Waals surface area contributed by atoms with E-state index in [-0.39, 0.29) is 5.41 Å². The molecule has 1 atom stereocenters. The van der Waals surface area contributed by atoms with Crippen LogP contribution in [0.2, 0.25) is 5.02 Å². The summed E-state index contributed by atoms with van der Waals surface area (Å²) in [7, 11) is 0. The second kappa shape index (κ2) is 6.14. The molecule has 20 heavy (non-hydrogen) atoms. The number of nitrogens with zero attached hydrogens (tertiary/aromatic N) is 1. The molecular weight excluding hydrogens is 358 g/mol. The van der Waals surface area contributed by atoms with Gasteiger partial charge in [0, 0.05) is 27.3 Å². The number of hydrogen-bond acceptors (Lipinski definition) is 3. The fraction of sp³-hybridized carbons (Fsp3) is 0.400. The van der Waals surface area contributed by atoms with Gasteiger partial charge in [0.15, 0.2) is 0 Å². The van der Waals surface area contributed by atoms with Crippen LogP contribution < -0.4 is 0 Å². The van der Waals surface area contributed by atoms with Crippen LogP contribution in [0.1, 0.15) is 43.1 Å². The molecule has 0 radical (unpaired) electrons. The van der Waals surface area contributed by atoms with Crippen molar-refractivity contribution >= 4 is 38.9 Å². The van der Waals surface area contributed by atoms with E-state index in [1.165, 1.54) is 0 Å². The minimum Gasteiger partial charge on any atom is -0.388 e. The number of hydrogen-bond donors (Lipinski definition) is 1. The molecule has 108 valence electrons. The molecule has 2 nitrogen and oxygen atoms in total. The van der Waals surface area contributed by atoms with Gasteiger partial charge in [-0.1, -0.05) is 44.5 Å². The molecule has 0 amide bonds. The largest absolute Gasteiger partial charge is 0.388 e. The topological polar surface area (TPSA) is 33.1 Å². The van der Waals surface area contributed by atoms with Crippen LogP contribution in [0.4, 0.5) is 0 Å². The molecular formula is C15H17BrClNOS. The smallest absolute Gasteiger partial charge is 0.0957 e. The first kappa shape index (κ1) is 16.0. The number of benzene rings is 1. The van der Waals surface area contributed by atoms with Crippen LogP contribution in [0, 0.1) is 0 Å². The second-order valence-corrected chi connectivity index (χ2v) is 7.91. The molecule has 2 rings (SSSR count). The first-order chi connectivity index (χ1) is 9.29. The first-order valence-corrected chi connectivity index (χ1v) is 8.41. The normalized spacial score (nSPS) is 13.5. The molecule has 5 heteroatoms. The van der Waals surface area contributed by atoms with Gasteiger partial charge < -0.3 is 5.11 Å². The fourth-order valence-electron chi connectivity index (χ4n) is 1.80. The summed E-state index contributed by atoms with van der Waals surface area (Å²) in [4.78, 5) is 4.60. The summed E-state index contributed by atoms with van der Waals surface area (Å²) in [6.45, 7) is 6.40. The Balaban J connectivity index is 2.18. The zero-order valence-electron chi connectivity index (χ0n) is 11.7. The molecule has 0 bridgehead atoms. The summed E-state index contributed by atoms with van der Waals surface area (Å²) in [6, 6.07) is 5.58. The van der Waals surface area contributed by atoms with E-state index in [1.54, 1.807) is 11.3 Å². The zero-order valence-corrected chi connectivity index (χ0v) is 14.8. The van der Waals surface area contributed by atoms with E-state index in [9.17, 15) is 5.11 Å². The highest BCUT2D eigenvalue weighted by molar-refractivity contribution is 9.10. The number of aromatic nitrogens is 1. The van der Waals surface area contributed by atoms with E-state index in [2.05, 4.69) is 47.1 Å². The van der Waals surface area contributed by atoms with Gasteiger partial charge in [0.1, 0.15) is 0 Å². The number of thiazole rings is 1. The van der Waals surface area contributed by atoms with E-state index >= 15 is 0 Å². The van der Waals surface area contributed by atoms with Gasteiger partial charge >= 0.3 is 0 Å². The maximum Gasteiger partial charge on any atom is 0.0957 e. The van der Waals surface area contributed by atoms with Crippen LogP contribution in [0.5, 0.6) is 0 Å². The number of aliphatic hydroxyl groups is 1. The lowest BCUT2D eigenvalue weighted by Gasteiger charge is -2.15. The van der Waals surface area contributed by atoms with E-state index in [1.807, 2.05) is 18.2 Å². The van der Waals surface area contributed by atoms with Crippen molar-refractivity contribution in [3.8, 4) is 0 Å². The van der Waals surface area contributed by atoms with Gasteiger partial charge in [-0.05, 0) is 22.0 Å². The molecule has 0 aliphatic rings. The van der Waals surface area contributed by atoms with Gasteiger partial charge in [-0.2, -0.15) is 0 Å². The van der Waals surface area contributed by atoms with Crippen LogP contribution in [0.25, 0.3) is 0 Å². The van der Waals surface area contributed by atoms with Gasteiger partial charge in [0.05, 0.1) is 21.8 Å². The highest BCUT2D eigenvalue weighted by atomic mass is 79.9. The minimum atomic E-state index is -0.640. The predicted molar refractivity (Wildman–Crippen MR) is 88.6 cm³/mol. The Labute approximate surface area is 137 Å². The molecule has 0 fully saturated rings. The van der Waals surface area contributed by atoms with Crippen LogP contribution in [0.3, 0.4) is 0 Å². The average molecular weight is 375 g/mol. The molecule has 1 heterocycles. The lowest BCUT2D eigenvalue weighted by atomic mass is 9.93. The van der Waals surface area contributed by atoms with Crippen molar-refractivity contribution in [2.24, 2.45) is 0 Å². The lowest BCUT2D eigenvalue weighted by molar-refractivity contribution is 0.178. The average Bonchev–Trinajstić information content (AvgIpc) is 2.81. The molecule has 0 saturated heterocycles. The summed E-state index contributed by atoms with van der Waals surface area (Å²) in [5.41, 5.74) is 1.83. The molecule has 0 aliphatic carbocycles. The van der Waals surface area contributed by atoms with Crippen molar-refractivity contribution in [1.29, 1.82) is 0 Å². The van der Waals surface area contributed by atoms with Gasteiger partial charge in [-0.15, -0.1) is 11.3 Å². The third kappa shape index (κ3) is 3.61. The number of halogens is 2. The number of rotatable bonds is 3. The van der Waals surface area contributed by atoms with Crippen LogP contribution in [-0.2, 0) is 11.8 Å². The second-order valence-electron chi connectivity index (χ2n) is 5.74. The van der Waals surface area contributed by atoms with Crippen LogP contribution in [-0.4, -0.2) is 10.1 Å². The summed E-state index contributed by atoms with van der Waals surface area (Å²) >= 11 is 11.2. The highest BCUT2D eigenvalue weighted by Crippen LogP contribution is 2.33. The molecule has 0 aliphatic heterocycles. The maximum atomic E-state index is 10.4. The SMILES string of the molecule is CC(C)(C)c1csc(CC(O)c2cccc(Br)c2Cl)n1. The lowest BCUT2D eigenvalue weighted by Crippen LogP contribution is -2.12. The highest BCUT2D eigenvalue weighted by Gasteiger charge is 2.20. The van der Waals surface area contributed by atoms with Crippen molar-refractivity contribution in [3.63, 3.8) is 0 Å². The van der Waals surface area contributed by atoms with E-state index in [0.717, 1.165) is 20.7 Å². The molecule has 1 unspecified atom stereocenters. The number of aliphatic hydroxyl groups excluding tert-OH is 1. The third-order valence-electron chi connectivity index (χ3n) is 3.03. The Kier molecular flexibility index (Phi) is 4.90. The maximum absolute atomic E-state index is 10.4.